The predicted octanol–water partition coefficient (Wildman–Crippen LogP) is 1.29. The normalized spacial score (nSPS) is 40.7. The average molecular weight is 254 g/mol. The molecule has 0 spiro atoms. The Balaban J connectivity index is 1.79. The Morgan fingerprint density at radius 1 is 1.33 bits per heavy atom. The fourth-order valence-corrected chi connectivity index (χ4v) is 3.13. The quantitative estimate of drug-likeness (QED) is 0.797. The third kappa shape index (κ3) is 3.23. The third-order valence-electron chi connectivity index (χ3n) is 4.64. The van der Waals surface area contributed by atoms with Gasteiger partial charge >= 0.3 is 0 Å². The maximum atomic E-state index is 12.2. The summed E-state index contributed by atoms with van der Waals surface area (Å²) in [7, 11) is 0. The van der Waals surface area contributed by atoms with Gasteiger partial charge in [-0.1, -0.05) is 6.92 Å². The molecule has 104 valence electrons. The molecule has 3 N–H and O–H groups in total. The van der Waals surface area contributed by atoms with E-state index in [0.717, 1.165) is 38.8 Å². The zero-order valence-electron chi connectivity index (χ0n) is 11.5. The first kappa shape index (κ1) is 13.8. The van der Waals surface area contributed by atoms with E-state index >= 15 is 0 Å². The second-order valence-corrected chi connectivity index (χ2v) is 6.03. The van der Waals surface area contributed by atoms with Gasteiger partial charge in [-0.15, -0.1) is 0 Å². The molecule has 1 heterocycles. The molecule has 2 aliphatic rings. The largest absolute Gasteiger partial charge is 0.378 e. The van der Waals surface area contributed by atoms with Crippen LogP contribution in [0.2, 0.25) is 0 Å². The molecule has 4 heteroatoms. The second kappa shape index (κ2) is 6.02. The van der Waals surface area contributed by atoms with Gasteiger partial charge in [0.05, 0.1) is 6.10 Å². The number of carbonyl (C=O) groups is 1. The Morgan fingerprint density at radius 2 is 2.11 bits per heavy atom. The molecule has 1 saturated carbocycles. The number of hydrogen-bond donors (Lipinski definition) is 2. The maximum absolute atomic E-state index is 12.2. The van der Waals surface area contributed by atoms with Crippen LogP contribution in [0.3, 0.4) is 0 Å². The lowest BCUT2D eigenvalue weighted by Crippen LogP contribution is -2.43. The lowest BCUT2D eigenvalue weighted by Gasteiger charge is -2.31. The van der Waals surface area contributed by atoms with Crippen molar-refractivity contribution in [1.82, 2.24) is 5.32 Å². The van der Waals surface area contributed by atoms with Crippen LogP contribution in [-0.4, -0.2) is 31.2 Å². The molecule has 2 fully saturated rings. The Bertz CT molecular complexity index is 296. The van der Waals surface area contributed by atoms with E-state index in [-0.39, 0.29) is 24.0 Å². The molecular formula is C14H26N2O2. The van der Waals surface area contributed by atoms with Gasteiger partial charge < -0.3 is 15.8 Å². The van der Waals surface area contributed by atoms with E-state index in [1.165, 1.54) is 0 Å². The van der Waals surface area contributed by atoms with Crippen molar-refractivity contribution in [1.29, 1.82) is 0 Å². The molecule has 18 heavy (non-hydrogen) atoms. The second-order valence-electron chi connectivity index (χ2n) is 6.03. The molecule has 1 aliphatic heterocycles. The van der Waals surface area contributed by atoms with E-state index in [1.54, 1.807) is 0 Å². The Labute approximate surface area is 110 Å². The van der Waals surface area contributed by atoms with Crippen molar-refractivity contribution >= 4 is 5.91 Å². The van der Waals surface area contributed by atoms with Gasteiger partial charge in [-0.2, -0.15) is 0 Å². The summed E-state index contributed by atoms with van der Waals surface area (Å²) in [6, 6.07) is 0.200. The summed E-state index contributed by atoms with van der Waals surface area (Å²) in [5, 5.41) is 3.10. The van der Waals surface area contributed by atoms with Crippen molar-refractivity contribution in [3.8, 4) is 0 Å². The van der Waals surface area contributed by atoms with Crippen molar-refractivity contribution in [2.75, 3.05) is 13.2 Å². The lowest BCUT2D eigenvalue weighted by molar-refractivity contribution is -0.128. The van der Waals surface area contributed by atoms with E-state index in [0.29, 0.717) is 11.8 Å². The summed E-state index contributed by atoms with van der Waals surface area (Å²) in [4.78, 5) is 12.2. The minimum Gasteiger partial charge on any atom is -0.378 e. The fraction of sp³-hybridized carbons (Fsp3) is 0.929. The Morgan fingerprint density at radius 3 is 2.78 bits per heavy atom. The molecule has 0 aromatic rings. The van der Waals surface area contributed by atoms with Crippen molar-refractivity contribution < 1.29 is 9.53 Å². The number of ether oxygens (including phenoxy) is 1. The van der Waals surface area contributed by atoms with Crippen LogP contribution in [0.15, 0.2) is 0 Å². The average Bonchev–Trinajstić information content (AvgIpc) is 2.75. The molecule has 5 unspecified atom stereocenters. The molecule has 1 amide bonds. The van der Waals surface area contributed by atoms with Crippen LogP contribution in [0.5, 0.6) is 0 Å². The highest BCUT2D eigenvalue weighted by Gasteiger charge is 2.32. The Kier molecular flexibility index (Phi) is 4.62. The van der Waals surface area contributed by atoms with E-state index < -0.39 is 0 Å². The highest BCUT2D eigenvalue weighted by atomic mass is 16.5. The summed E-state index contributed by atoms with van der Waals surface area (Å²) < 4.78 is 5.51. The number of carbonyl (C=O) groups excluding carboxylic acids is 1. The zero-order valence-corrected chi connectivity index (χ0v) is 11.5. The monoisotopic (exact) mass is 254 g/mol. The van der Waals surface area contributed by atoms with Crippen LogP contribution >= 0.6 is 0 Å². The van der Waals surface area contributed by atoms with Crippen molar-refractivity contribution in [3.63, 3.8) is 0 Å². The maximum Gasteiger partial charge on any atom is 0.223 e. The summed E-state index contributed by atoms with van der Waals surface area (Å²) in [6.07, 6.45) is 4.29. The molecule has 1 aliphatic carbocycles. The SMILES string of the molecule is CC1CCC(N)CC1C(=O)NCC1CCOC1C. The highest BCUT2D eigenvalue weighted by molar-refractivity contribution is 5.79. The third-order valence-corrected chi connectivity index (χ3v) is 4.64. The Hall–Kier alpha value is -0.610. The first-order valence-corrected chi connectivity index (χ1v) is 7.22. The molecule has 0 bridgehead atoms. The van der Waals surface area contributed by atoms with Gasteiger partial charge in [0.1, 0.15) is 0 Å². The zero-order chi connectivity index (χ0) is 13.1. The first-order valence-electron chi connectivity index (χ1n) is 7.22. The molecule has 0 aromatic heterocycles. The first-order chi connectivity index (χ1) is 8.58. The van der Waals surface area contributed by atoms with Gasteiger partial charge in [0.2, 0.25) is 5.91 Å². The fourth-order valence-electron chi connectivity index (χ4n) is 3.13. The number of hydrogen-bond acceptors (Lipinski definition) is 3. The number of amides is 1. The summed E-state index contributed by atoms with van der Waals surface area (Å²) >= 11 is 0. The van der Waals surface area contributed by atoms with Crippen LogP contribution in [0, 0.1) is 17.8 Å². The van der Waals surface area contributed by atoms with Gasteiger partial charge in [-0.3, -0.25) is 4.79 Å². The van der Waals surface area contributed by atoms with Crippen LogP contribution in [0.4, 0.5) is 0 Å². The molecule has 0 aromatic carbocycles. The number of rotatable bonds is 3. The van der Waals surface area contributed by atoms with Crippen LogP contribution in [0.1, 0.15) is 39.5 Å². The summed E-state index contributed by atoms with van der Waals surface area (Å²) in [5.74, 6) is 1.23. The van der Waals surface area contributed by atoms with E-state index in [1.807, 2.05) is 0 Å². The van der Waals surface area contributed by atoms with Crippen LogP contribution in [0.25, 0.3) is 0 Å². The molecular weight excluding hydrogens is 228 g/mol. The topological polar surface area (TPSA) is 64.4 Å². The van der Waals surface area contributed by atoms with Crippen LogP contribution in [-0.2, 0) is 9.53 Å². The summed E-state index contributed by atoms with van der Waals surface area (Å²) in [5.41, 5.74) is 5.97. The molecule has 4 nitrogen and oxygen atoms in total. The van der Waals surface area contributed by atoms with Crippen molar-refractivity contribution in [2.45, 2.75) is 51.7 Å². The predicted molar refractivity (Wildman–Crippen MR) is 71.0 cm³/mol. The number of nitrogens with two attached hydrogens (primary N) is 1. The number of nitrogens with one attached hydrogen (secondary N) is 1. The van der Waals surface area contributed by atoms with Crippen molar-refractivity contribution in [2.24, 2.45) is 23.5 Å². The van der Waals surface area contributed by atoms with E-state index in [9.17, 15) is 4.79 Å². The molecule has 2 rings (SSSR count). The smallest absolute Gasteiger partial charge is 0.223 e. The standard InChI is InChI=1S/C14H26N2O2/c1-9-3-4-12(15)7-13(9)14(17)16-8-11-5-6-18-10(11)2/h9-13H,3-8,15H2,1-2H3,(H,16,17). The minimum absolute atomic E-state index is 0.103. The molecule has 5 atom stereocenters. The van der Waals surface area contributed by atoms with Gasteiger partial charge in [-0.25, -0.2) is 0 Å². The van der Waals surface area contributed by atoms with Crippen LogP contribution < -0.4 is 11.1 Å². The lowest BCUT2D eigenvalue weighted by atomic mass is 9.77. The van der Waals surface area contributed by atoms with E-state index in [2.05, 4.69) is 19.2 Å². The minimum atomic E-state index is 0.103. The van der Waals surface area contributed by atoms with Gasteiger partial charge in [0, 0.05) is 31.0 Å². The molecule has 0 radical (unpaired) electrons. The van der Waals surface area contributed by atoms with Gasteiger partial charge in [0.25, 0.3) is 0 Å². The van der Waals surface area contributed by atoms with E-state index in [4.69, 9.17) is 10.5 Å². The summed E-state index contributed by atoms with van der Waals surface area (Å²) in [6.45, 7) is 5.82. The highest BCUT2D eigenvalue weighted by Crippen LogP contribution is 2.29. The molecule has 1 saturated heterocycles. The van der Waals surface area contributed by atoms with Gasteiger partial charge in [0.15, 0.2) is 0 Å². The van der Waals surface area contributed by atoms with Crippen molar-refractivity contribution in [3.05, 3.63) is 0 Å². The van der Waals surface area contributed by atoms with Gasteiger partial charge in [-0.05, 0) is 38.5 Å².